The van der Waals surface area contributed by atoms with E-state index in [2.05, 4.69) is 5.32 Å². The van der Waals surface area contributed by atoms with Gasteiger partial charge in [-0.05, 0) is 0 Å². The third-order valence-electron chi connectivity index (χ3n) is 1.52. The number of likely N-dealkylation sites (N-methyl/N-ethyl adjacent to an activating group) is 1. The van der Waals surface area contributed by atoms with E-state index in [-0.39, 0.29) is 4.65 Å². The molecule has 48 valence electrons. The zero-order chi connectivity index (χ0) is 6.04. The van der Waals surface area contributed by atoms with Crippen LogP contribution in [0.2, 0.25) is 0 Å². The molecule has 8 heavy (non-hydrogen) atoms. The van der Waals surface area contributed by atoms with E-state index in [0.717, 1.165) is 26.2 Å². The molecule has 1 rings (SSSR count). The third-order valence-corrected chi connectivity index (χ3v) is 1.52. The van der Waals surface area contributed by atoms with E-state index in [1.54, 1.807) is 7.05 Å². The Hall–Kier alpha value is -0.120. The van der Waals surface area contributed by atoms with E-state index in [9.17, 15) is 5.21 Å². The molecule has 1 fully saturated rings. The Kier molecular flexibility index (Phi) is 1.51. The molecule has 0 aliphatic carbocycles. The van der Waals surface area contributed by atoms with Crippen molar-refractivity contribution < 1.29 is 4.65 Å². The van der Waals surface area contributed by atoms with Gasteiger partial charge in [0.1, 0.15) is 0 Å². The lowest BCUT2D eigenvalue weighted by Gasteiger charge is -2.41. The largest absolute Gasteiger partial charge is 0.633 e. The van der Waals surface area contributed by atoms with Gasteiger partial charge < -0.3 is 15.2 Å². The molecule has 3 heteroatoms. The normalized spacial score (nSPS) is 27.8. The maximum Gasteiger partial charge on any atom is 0.0909 e. The molecule has 0 bridgehead atoms. The highest BCUT2D eigenvalue weighted by Gasteiger charge is 2.12. The van der Waals surface area contributed by atoms with Gasteiger partial charge in [-0.3, -0.25) is 0 Å². The predicted molar refractivity (Wildman–Crippen MR) is 32.2 cm³/mol. The lowest BCUT2D eigenvalue weighted by Crippen LogP contribution is -2.51. The van der Waals surface area contributed by atoms with Crippen LogP contribution in [0.4, 0.5) is 0 Å². The molecule has 1 aliphatic heterocycles. The first-order chi connectivity index (χ1) is 3.71. The topological polar surface area (TPSA) is 35.1 Å². The molecule has 0 amide bonds. The van der Waals surface area contributed by atoms with Crippen molar-refractivity contribution in [1.82, 2.24) is 5.32 Å². The summed E-state index contributed by atoms with van der Waals surface area (Å²) in [5.74, 6) is 0. The van der Waals surface area contributed by atoms with Gasteiger partial charge in [0.2, 0.25) is 0 Å². The number of hydroxylamine groups is 3. The number of rotatable bonds is 0. The maximum absolute atomic E-state index is 11.0. The zero-order valence-electron chi connectivity index (χ0n) is 5.18. The second-order valence-electron chi connectivity index (χ2n) is 2.49. The summed E-state index contributed by atoms with van der Waals surface area (Å²) < 4.78 is -0.0625. The molecule has 3 nitrogen and oxygen atoms in total. The quantitative estimate of drug-likeness (QED) is 0.343. The van der Waals surface area contributed by atoms with Gasteiger partial charge >= 0.3 is 0 Å². The Morgan fingerprint density at radius 2 is 1.88 bits per heavy atom. The maximum atomic E-state index is 11.0. The predicted octanol–water partition coefficient (Wildman–Crippen LogP) is -0.466. The minimum atomic E-state index is -0.0625. The first-order valence-corrected chi connectivity index (χ1v) is 2.97. The smallest absolute Gasteiger partial charge is 0.0909 e. The fourth-order valence-electron chi connectivity index (χ4n) is 0.868. The molecule has 0 aromatic rings. The minimum Gasteiger partial charge on any atom is -0.633 e. The van der Waals surface area contributed by atoms with Gasteiger partial charge in [0.05, 0.1) is 20.1 Å². The third kappa shape index (κ3) is 1.43. The highest BCUT2D eigenvalue weighted by molar-refractivity contribution is 4.54. The summed E-state index contributed by atoms with van der Waals surface area (Å²) in [7, 11) is 1.72. The zero-order valence-corrected chi connectivity index (χ0v) is 5.18. The molecule has 0 unspecified atom stereocenters. The summed E-state index contributed by atoms with van der Waals surface area (Å²) in [5.41, 5.74) is 0. The van der Waals surface area contributed by atoms with Gasteiger partial charge in [-0.1, -0.05) is 0 Å². The summed E-state index contributed by atoms with van der Waals surface area (Å²) in [4.78, 5) is 0. The van der Waals surface area contributed by atoms with Crippen molar-refractivity contribution in [2.75, 3.05) is 33.2 Å². The van der Waals surface area contributed by atoms with E-state index >= 15 is 0 Å². The number of hydrogen-bond donors (Lipinski definition) is 1. The molecule has 0 aromatic heterocycles. The molecule has 0 atom stereocenters. The van der Waals surface area contributed by atoms with Crippen LogP contribution in [0, 0.1) is 5.21 Å². The second kappa shape index (κ2) is 2.01. The van der Waals surface area contributed by atoms with Crippen LogP contribution in [0.3, 0.4) is 0 Å². The second-order valence-corrected chi connectivity index (χ2v) is 2.49. The van der Waals surface area contributed by atoms with Crippen molar-refractivity contribution in [2.24, 2.45) is 0 Å². The summed E-state index contributed by atoms with van der Waals surface area (Å²) in [5, 5.41) is 14.1. The SMILES string of the molecule is C[N+]1([O-])CCNCC1. The van der Waals surface area contributed by atoms with Crippen molar-refractivity contribution in [2.45, 2.75) is 0 Å². The summed E-state index contributed by atoms with van der Waals surface area (Å²) >= 11 is 0. The van der Waals surface area contributed by atoms with E-state index in [1.165, 1.54) is 0 Å². The Morgan fingerprint density at radius 1 is 1.38 bits per heavy atom. The molecule has 0 spiro atoms. The van der Waals surface area contributed by atoms with E-state index < -0.39 is 0 Å². The molecular weight excluding hydrogens is 104 g/mol. The summed E-state index contributed by atoms with van der Waals surface area (Å²) in [6, 6.07) is 0. The fraction of sp³-hybridized carbons (Fsp3) is 1.00. The average molecular weight is 116 g/mol. The van der Waals surface area contributed by atoms with Crippen LogP contribution in [0.1, 0.15) is 0 Å². The van der Waals surface area contributed by atoms with Crippen LogP contribution in [-0.4, -0.2) is 37.9 Å². The minimum absolute atomic E-state index is 0.0625. The molecule has 1 aliphatic rings. The molecular formula is C5H12N2O. The number of nitrogens with zero attached hydrogens (tertiary/aromatic N) is 1. The monoisotopic (exact) mass is 116 g/mol. The Balaban J connectivity index is 2.33. The van der Waals surface area contributed by atoms with Crippen molar-refractivity contribution >= 4 is 0 Å². The van der Waals surface area contributed by atoms with Crippen LogP contribution in [-0.2, 0) is 0 Å². The van der Waals surface area contributed by atoms with Crippen molar-refractivity contribution in [3.63, 3.8) is 0 Å². The Labute approximate surface area is 49.5 Å². The van der Waals surface area contributed by atoms with Crippen LogP contribution in [0.15, 0.2) is 0 Å². The molecule has 1 heterocycles. The number of hydrogen-bond acceptors (Lipinski definition) is 2. The standard InChI is InChI=1S/C5H12N2O/c1-7(8)4-2-6-3-5-7/h6H,2-5H2,1H3. The lowest BCUT2D eigenvalue weighted by atomic mass is 10.4. The van der Waals surface area contributed by atoms with Gasteiger partial charge in [0, 0.05) is 13.1 Å². The number of nitrogens with one attached hydrogen (secondary N) is 1. The summed E-state index contributed by atoms with van der Waals surface area (Å²) in [6.07, 6.45) is 0. The Morgan fingerprint density at radius 3 is 2.12 bits per heavy atom. The van der Waals surface area contributed by atoms with Crippen LogP contribution in [0.5, 0.6) is 0 Å². The molecule has 0 aromatic carbocycles. The molecule has 0 radical (unpaired) electrons. The van der Waals surface area contributed by atoms with Crippen molar-refractivity contribution in [1.29, 1.82) is 0 Å². The summed E-state index contributed by atoms with van der Waals surface area (Å²) in [6.45, 7) is 3.19. The van der Waals surface area contributed by atoms with E-state index in [4.69, 9.17) is 0 Å². The highest BCUT2D eigenvalue weighted by atomic mass is 16.5. The van der Waals surface area contributed by atoms with Crippen molar-refractivity contribution in [3.05, 3.63) is 5.21 Å². The van der Waals surface area contributed by atoms with Gasteiger partial charge in [-0.25, -0.2) is 0 Å². The average Bonchev–Trinajstić information content (AvgIpc) is 1.65. The molecule has 0 saturated carbocycles. The highest BCUT2D eigenvalue weighted by Crippen LogP contribution is 1.98. The first kappa shape index (κ1) is 6.01. The number of quaternary nitrogens is 1. The fourth-order valence-corrected chi connectivity index (χ4v) is 0.868. The van der Waals surface area contributed by atoms with Gasteiger partial charge in [0.15, 0.2) is 0 Å². The van der Waals surface area contributed by atoms with Crippen molar-refractivity contribution in [3.8, 4) is 0 Å². The van der Waals surface area contributed by atoms with Gasteiger partial charge in [-0.2, -0.15) is 0 Å². The van der Waals surface area contributed by atoms with Crippen LogP contribution >= 0.6 is 0 Å². The Bertz CT molecular complexity index is 74.5. The van der Waals surface area contributed by atoms with Crippen LogP contribution < -0.4 is 5.32 Å². The van der Waals surface area contributed by atoms with Gasteiger partial charge in [-0.15, -0.1) is 0 Å². The first-order valence-electron chi connectivity index (χ1n) is 2.97. The number of piperazine rings is 1. The molecule has 1 N–H and O–H groups in total. The van der Waals surface area contributed by atoms with Gasteiger partial charge in [0.25, 0.3) is 0 Å². The van der Waals surface area contributed by atoms with E-state index in [0.29, 0.717) is 0 Å². The molecule has 1 saturated heterocycles. The van der Waals surface area contributed by atoms with Crippen LogP contribution in [0.25, 0.3) is 0 Å². The van der Waals surface area contributed by atoms with E-state index in [1.807, 2.05) is 0 Å². The lowest BCUT2D eigenvalue weighted by molar-refractivity contribution is -0.862.